The summed E-state index contributed by atoms with van der Waals surface area (Å²) in [6.45, 7) is 0. The molecule has 0 atom stereocenters. The molecule has 4 aromatic rings. The Balaban J connectivity index is 1.68. The number of fused-ring (bicyclic) bond motifs is 1. The molecule has 22 heavy (non-hydrogen) atoms. The first-order chi connectivity index (χ1) is 10.8. The van der Waals surface area contributed by atoms with Gasteiger partial charge in [-0.15, -0.1) is 0 Å². The number of nitrogens with zero attached hydrogens (tertiary/aromatic N) is 2. The van der Waals surface area contributed by atoms with Gasteiger partial charge in [-0.1, -0.05) is 6.07 Å². The second kappa shape index (κ2) is 5.00. The van der Waals surface area contributed by atoms with Crippen LogP contribution in [0.25, 0.3) is 22.2 Å². The van der Waals surface area contributed by atoms with Gasteiger partial charge in [0, 0.05) is 40.8 Å². The molecular weight excluding hydrogens is 281 g/mol. The fourth-order valence-corrected chi connectivity index (χ4v) is 2.36. The van der Waals surface area contributed by atoms with E-state index in [4.69, 9.17) is 0 Å². The molecule has 0 aliphatic carbocycles. The summed E-state index contributed by atoms with van der Waals surface area (Å²) in [5.41, 5.74) is 3.56. The van der Waals surface area contributed by atoms with Crippen LogP contribution in [0.3, 0.4) is 0 Å². The minimum absolute atomic E-state index is 0.284. The van der Waals surface area contributed by atoms with E-state index < -0.39 is 0 Å². The van der Waals surface area contributed by atoms with Crippen molar-refractivity contribution in [2.45, 2.75) is 0 Å². The zero-order chi connectivity index (χ0) is 14.9. The van der Waals surface area contributed by atoms with Crippen molar-refractivity contribution in [3.63, 3.8) is 0 Å². The fraction of sp³-hybridized carbons (Fsp3) is 0. The Morgan fingerprint density at radius 2 is 2.05 bits per heavy atom. The third-order valence-corrected chi connectivity index (χ3v) is 3.41. The van der Waals surface area contributed by atoms with E-state index in [0.717, 1.165) is 22.2 Å². The second-order valence-corrected chi connectivity index (χ2v) is 4.96. The molecule has 3 aromatic heterocycles. The van der Waals surface area contributed by atoms with Crippen LogP contribution in [0.5, 0.6) is 0 Å². The first-order valence-corrected chi connectivity index (χ1v) is 6.78. The number of anilines is 2. The number of pyridine rings is 1. The summed E-state index contributed by atoms with van der Waals surface area (Å²) in [5.74, 6) is 0.367. The number of nitrogens with one attached hydrogen (secondary N) is 3. The molecule has 0 spiro atoms. The van der Waals surface area contributed by atoms with E-state index in [2.05, 4.69) is 25.5 Å². The van der Waals surface area contributed by atoms with Crippen LogP contribution in [0.4, 0.5) is 15.9 Å². The molecule has 0 aliphatic rings. The summed E-state index contributed by atoms with van der Waals surface area (Å²) in [7, 11) is 0. The molecule has 5 nitrogen and oxygen atoms in total. The number of rotatable bonds is 3. The van der Waals surface area contributed by atoms with E-state index in [1.807, 2.05) is 18.3 Å². The lowest BCUT2D eigenvalue weighted by molar-refractivity contribution is 0.628. The van der Waals surface area contributed by atoms with Gasteiger partial charge in [-0.2, -0.15) is 5.10 Å². The van der Waals surface area contributed by atoms with Gasteiger partial charge in [0.2, 0.25) is 0 Å². The van der Waals surface area contributed by atoms with Crippen LogP contribution < -0.4 is 5.32 Å². The maximum atomic E-state index is 13.2. The monoisotopic (exact) mass is 293 g/mol. The molecule has 0 radical (unpaired) electrons. The highest BCUT2D eigenvalue weighted by molar-refractivity contribution is 5.87. The van der Waals surface area contributed by atoms with Gasteiger partial charge < -0.3 is 10.3 Å². The van der Waals surface area contributed by atoms with E-state index in [1.54, 1.807) is 24.5 Å². The zero-order valence-corrected chi connectivity index (χ0v) is 11.5. The third-order valence-electron chi connectivity index (χ3n) is 3.41. The molecule has 1 aromatic carbocycles. The molecule has 108 valence electrons. The van der Waals surface area contributed by atoms with Crippen molar-refractivity contribution in [2.75, 3.05) is 5.32 Å². The van der Waals surface area contributed by atoms with E-state index in [1.165, 1.54) is 12.1 Å². The van der Waals surface area contributed by atoms with Crippen LogP contribution in [0, 0.1) is 5.82 Å². The standard InChI is InChI=1S/C16H12FN5/c17-12-2-1-3-13(5-12)21-16-6-15-10(7-18-16)4-14(22-15)11-8-19-20-9-11/h1-9,22H,(H,18,21)(H,19,20). The van der Waals surface area contributed by atoms with E-state index in [-0.39, 0.29) is 5.82 Å². The summed E-state index contributed by atoms with van der Waals surface area (Å²) in [5, 5.41) is 10.8. The Morgan fingerprint density at radius 1 is 1.09 bits per heavy atom. The van der Waals surface area contributed by atoms with Crippen LogP contribution in [-0.4, -0.2) is 20.2 Å². The van der Waals surface area contributed by atoms with Gasteiger partial charge in [-0.25, -0.2) is 9.37 Å². The normalized spacial score (nSPS) is 11.0. The van der Waals surface area contributed by atoms with Crippen molar-refractivity contribution < 1.29 is 4.39 Å². The van der Waals surface area contributed by atoms with E-state index in [9.17, 15) is 4.39 Å². The summed E-state index contributed by atoms with van der Waals surface area (Å²) in [6.07, 6.45) is 5.35. The third kappa shape index (κ3) is 2.31. The van der Waals surface area contributed by atoms with Crippen LogP contribution >= 0.6 is 0 Å². The molecule has 0 fully saturated rings. The Labute approximate surface area is 125 Å². The van der Waals surface area contributed by atoms with E-state index >= 15 is 0 Å². The maximum Gasteiger partial charge on any atom is 0.132 e. The number of hydrogen-bond donors (Lipinski definition) is 3. The number of hydrogen-bond acceptors (Lipinski definition) is 3. The maximum absolute atomic E-state index is 13.2. The quantitative estimate of drug-likeness (QED) is 0.537. The van der Waals surface area contributed by atoms with Gasteiger partial charge in [0.15, 0.2) is 0 Å². The second-order valence-electron chi connectivity index (χ2n) is 4.96. The highest BCUT2D eigenvalue weighted by atomic mass is 19.1. The average molecular weight is 293 g/mol. The smallest absolute Gasteiger partial charge is 0.132 e. The fourth-order valence-electron chi connectivity index (χ4n) is 2.36. The molecule has 0 amide bonds. The molecule has 3 N–H and O–H groups in total. The summed E-state index contributed by atoms with van der Waals surface area (Å²) < 4.78 is 13.2. The lowest BCUT2D eigenvalue weighted by Crippen LogP contribution is -1.93. The number of aromatic amines is 2. The van der Waals surface area contributed by atoms with Crippen molar-refractivity contribution in [3.8, 4) is 11.3 Å². The lowest BCUT2D eigenvalue weighted by Gasteiger charge is -2.05. The number of H-pyrrole nitrogens is 2. The molecule has 0 saturated heterocycles. The van der Waals surface area contributed by atoms with Gasteiger partial charge in [0.05, 0.1) is 11.7 Å². The Bertz CT molecular complexity index is 927. The summed E-state index contributed by atoms with van der Waals surface area (Å²) in [4.78, 5) is 7.67. The molecule has 0 saturated carbocycles. The van der Waals surface area contributed by atoms with Gasteiger partial charge in [-0.05, 0) is 24.3 Å². The molecule has 4 rings (SSSR count). The van der Waals surface area contributed by atoms with Gasteiger partial charge >= 0.3 is 0 Å². The van der Waals surface area contributed by atoms with Crippen LogP contribution in [-0.2, 0) is 0 Å². The number of benzene rings is 1. The van der Waals surface area contributed by atoms with Crippen molar-refractivity contribution in [1.29, 1.82) is 0 Å². The van der Waals surface area contributed by atoms with Gasteiger partial charge in [0.1, 0.15) is 11.6 Å². The van der Waals surface area contributed by atoms with Crippen molar-refractivity contribution >= 4 is 22.4 Å². The first kappa shape index (κ1) is 12.6. The number of aromatic nitrogens is 4. The Hall–Kier alpha value is -3.15. The van der Waals surface area contributed by atoms with Crippen molar-refractivity contribution in [2.24, 2.45) is 0 Å². The lowest BCUT2D eigenvalue weighted by atomic mass is 10.2. The van der Waals surface area contributed by atoms with Gasteiger partial charge in [-0.3, -0.25) is 5.10 Å². The van der Waals surface area contributed by atoms with Gasteiger partial charge in [0.25, 0.3) is 0 Å². The van der Waals surface area contributed by atoms with Crippen molar-refractivity contribution in [3.05, 3.63) is 60.8 Å². The van der Waals surface area contributed by atoms with E-state index in [0.29, 0.717) is 11.5 Å². The first-order valence-electron chi connectivity index (χ1n) is 6.78. The topological polar surface area (TPSA) is 69.4 Å². The molecule has 3 heterocycles. The summed E-state index contributed by atoms with van der Waals surface area (Å²) in [6, 6.07) is 10.2. The number of halogens is 1. The Kier molecular flexibility index (Phi) is 2.86. The largest absolute Gasteiger partial charge is 0.354 e. The zero-order valence-electron chi connectivity index (χ0n) is 11.5. The van der Waals surface area contributed by atoms with Crippen LogP contribution in [0.1, 0.15) is 0 Å². The minimum Gasteiger partial charge on any atom is -0.354 e. The molecule has 6 heteroatoms. The average Bonchev–Trinajstić information content (AvgIpc) is 3.16. The molecular formula is C16H12FN5. The summed E-state index contributed by atoms with van der Waals surface area (Å²) >= 11 is 0. The highest BCUT2D eigenvalue weighted by Crippen LogP contribution is 2.25. The van der Waals surface area contributed by atoms with Crippen LogP contribution in [0.15, 0.2) is 55.0 Å². The van der Waals surface area contributed by atoms with Crippen molar-refractivity contribution in [1.82, 2.24) is 20.2 Å². The highest BCUT2D eigenvalue weighted by Gasteiger charge is 2.06. The molecule has 0 aliphatic heterocycles. The minimum atomic E-state index is -0.284. The Morgan fingerprint density at radius 3 is 2.86 bits per heavy atom. The predicted molar refractivity (Wildman–Crippen MR) is 83.4 cm³/mol. The molecule has 0 unspecified atom stereocenters. The molecule has 0 bridgehead atoms. The van der Waals surface area contributed by atoms with Crippen LogP contribution in [0.2, 0.25) is 0 Å². The SMILES string of the molecule is Fc1cccc(Nc2cc3[nH]c(-c4cn[nH]c4)cc3cn2)c1. The predicted octanol–water partition coefficient (Wildman–Crippen LogP) is 3.84.